The van der Waals surface area contributed by atoms with E-state index < -0.39 is 5.97 Å². The molecule has 0 aliphatic heterocycles. The van der Waals surface area contributed by atoms with E-state index in [-0.39, 0.29) is 18.1 Å². The number of rotatable bonds is 6. The van der Waals surface area contributed by atoms with Gasteiger partial charge in [-0.05, 0) is 18.4 Å². The van der Waals surface area contributed by atoms with Crippen LogP contribution in [-0.4, -0.2) is 23.3 Å². The van der Waals surface area contributed by atoms with Gasteiger partial charge < -0.3 is 10.1 Å². The smallest absolute Gasteiger partial charge is 0.358 e. The molecule has 0 spiro atoms. The maximum atomic E-state index is 11.8. The van der Waals surface area contributed by atoms with E-state index in [1.807, 2.05) is 17.5 Å². The van der Waals surface area contributed by atoms with Crippen molar-refractivity contribution in [3.63, 3.8) is 0 Å². The van der Waals surface area contributed by atoms with Crippen molar-refractivity contribution in [3.8, 4) is 0 Å². The maximum absolute atomic E-state index is 11.8. The van der Waals surface area contributed by atoms with Crippen molar-refractivity contribution >= 4 is 39.6 Å². The van der Waals surface area contributed by atoms with Crippen LogP contribution in [0.4, 0.5) is 5.13 Å². The first-order valence-electron chi connectivity index (χ1n) is 6.07. The highest BCUT2D eigenvalue weighted by Gasteiger charge is 2.22. The molecule has 0 atom stereocenters. The topological polar surface area (TPSA) is 68.3 Å². The molecule has 5 nitrogen and oxygen atoms in total. The van der Waals surface area contributed by atoms with Crippen molar-refractivity contribution in [1.82, 2.24) is 4.98 Å². The van der Waals surface area contributed by atoms with Crippen molar-refractivity contribution in [1.29, 1.82) is 0 Å². The first-order chi connectivity index (χ1) is 9.61. The van der Waals surface area contributed by atoms with Crippen LogP contribution in [0.5, 0.6) is 0 Å². The van der Waals surface area contributed by atoms with Crippen molar-refractivity contribution in [2.75, 3.05) is 11.9 Å². The third kappa shape index (κ3) is 3.43. The van der Waals surface area contributed by atoms with E-state index in [4.69, 9.17) is 4.74 Å². The Morgan fingerprint density at radius 3 is 2.85 bits per heavy atom. The Hall–Kier alpha value is -1.73. The fraction of sp³-hybridized carbons (Fsp3) is 0.308. The fourth-order valence-corrected chi connectivity index (χ4v) is 3.04. The van der Waals surface area contributed by atoms with Gasteiger partial charge >= 0.3 is 5.97 Å². The lowest BCUT2D eigenvalue weighted by Crippen LogP contribution is -2.09. The number of nitrogens with one attached hydrogen (secondary N) is 1. The summed E-state index contributed by atoms with van der Waals surface area (Å²) in [4.78, 5) is 29.0. The summed E-state index contributed by atoms with van der Waals surface area (Å²) < 4.78 is 4.91. The summed E-state index contributed by atoms with van der Waals surface area (Å²) in [5.74, 6) is -0.743. The highest BCUT2D eigenvalue weighted by molar-refractivity contribution is 7.17. The lowest BCUT2D eigenvalue weighted by Gasteiger charge is -1.99. The summed E-state index contributed by atoms with van der Waals surface area (Å²) in [6.07, 6.45) is 0. The average molecular weight is 310 g/mol. The number of carbonyl (C=O) groups excluding carboxylic acids is 2. The number of ketones is 1. The Kier molecular flexibility index (Phi) is 4.86. The number of ether oxygens (including phenoxy) is 1. The summed E-state index contributed by atoms with van der Waals surface area (Å²) in [5.41, 5.74) is 0.0954. The molecule has 1 N–H and O–H groups in total. The lowest BCUT2D eigenvalue weighted by atomic mass is 10.3. The van der Waals surface area contributed by atoms with E-state index in [1.165, 1.54) is 18.3 Å². The number of hydrogen-bond donors (Lipinski definition) is 1. The summed E-state index contributed by atoms with van der Waals surface area (Å²) in [7, 11) is 0. The highest BCUT2D eigenvalue weighted by atomic mass is 32.1. The minimum absolute atomic E-state index is 0.0954. The standard InChI is InChI=1S/C13H14N2O3S2/c1-3-18-12(17)10-11(8(2)16)20-13(15-10)14-7-9-5-4-6-19-9/h4-6H,3,7H2,1-2H3,(H,14,15). The van der Waals surface area contributed by atoms with Crippen LogP contribution in [0.3, 0.4) is 0 Å². The zero-order valence-electron chi connectivity index (χ0n) is 11.1. The third-order valence-corrected chi connectivity index (χ3v) is 4.40. The number of esters is 1. The number of thiazole rings is 1. The molecule has 0 aromatic carbocycles. The predicted octanol–water partition coefficient (Wildman–Crippen LogP) is 3.20. The Morgan fingerprint density at radius 2 is 2.25 bits per heavy atom. The second kappa shape index (κ2) is 6.62. The number of thiophene rings is 1. The number of aromatic nitrogens is 1. The quantitative estimate of drug-likeness (QED) is 0.655. The Labute approximate surface area is 124 Å². The summed E-state index contributed by atoms with van der Waals surface area (Å²) in [5, 5.41) is 5.66. The second-order valence-corrected chi connectivity index (χ2v) is 5.94. The van der Waals surface area contributed by atoms with Crippen LogP contribution in [0.1, 0.15) is 38.9 Å². The van der Waals surface area contributed by atoms with Crippen LogP contribution in [0.15, 0.2) is 17.5 Å². The van der Waals surface area contributed by atoms with Crippen LogP contribution >= 0.6 is 22.7 Å². The zero-order chi connectivity index (χ0) is 14.5. The predicted molar refractivity (Wildman–Crippen MR) is 79.7 cm³/mol. The van der Waals surface area contributed by atoms with Gasteiger partial charge in [-0.25, -0.2) is 9.78 Å². The van der Waals surface area contributed by atoms with E-state index in [0.717, 1.165) is 4.88 Å². The summed E-state index contributed by atoms with van der Waals surface area (Å²) in [6.45, 7) is 4.00. The maximum Gasteiger partial charge on any atom is 0.358 e. The molecule has 0 radical (unpaired) electrons. The monoisotopic (exact) mass is 310 g/mol. The number of hydrogen-bond acceptors (Lipinski definition) is 7. The van der Waals surface area contributed by atoms with Gasteiger partial charge in [0.1, 0.15) is 4.88 Å². The molecule has 20 heavy (non-hydrogen) atoms. The molecule has 7 heteroatoms. The normalized spacial score (nSPS) is 10.3. The molecule has 0 unspecified atom stereocenters. The van der Waals surface area contributed by atoms with Gasteiger partial charge in [0.05, 0.1) is 13.2 Å². The van der Waals surface area contributed by atoms with E-state index in [2.05, 4.69) is 10.3 Å². The largest absolute Gasteiger partial charge is 0.461 e. The van der Waals surface area contributed by atoms with Crippen LogP contribution in [0.25, 0.3) is 0 Å². The van der Waals surface area contributed by atoms with Gasteiger partial charge in [-0.2, -0.15) is 0 Å². The molecular weight excluding hydrogens is 296 g/mol. The van der Waals surface area contributed by atoms with Crippen LogP contribution < -0.4 is 5.32 Å². The molecule has 2 rings (SSSR count). The van der Waals surface area contributed by atoms with Crippen LogP contribution in [0, 0.1) is 0 Å². The average Bonchev–Trinajstić information content (AvgIpc) is 3.06. The third-order valence-electron chi connectivity index (χ3n) is 2.41. The van der Waals surface area contributed by atoms with Crippen LogP contribution in [0.2, 0.25) is 0 Å². The molecule has 0 saturated carbocycles. The molecule has 2 aromatic heterocycles. The summed E-state index contributed by atoms with van der Waals surface area (Å²) >= 11 is 2.81. The van der Waals surface area contributed by atoms with Gasteiger partial charge in [0.2, 0.25) is 0 Å². The molecule has 0 amide bonds. The van der Waals surface area contributed by atoms with Gasteiger partial charge in [-0.1, -0.05) is 17.4 Å². The molecule has 0 aliphatic rings. The molecule has 2 aromatic rings. The highest BCUT2D eigenvalue weighted by Crippen LogP contribution is 2.25. The second-order valence-electron chi connectivity index (χ2n) is 3.91. The van der Waals surface area contributed by atoms with Gasteiger partial charge in [0.15, 0.2) is 16.6 Å². The van der Waals surface area contributed by atoms with E-state index in [0.29, 0.717) is 16.6 Å². The van der Waals surface area contributed by atoms with E-state index in [1.54, 1.807) is 18.3 Å². The molecule has 0 aliphatic carbocycles. The first-order valence-corrected chi connectivity index (χ1v) is 7.76. The van der Waals surface area contributed by atoms with Gasteiger partial charge in [0.25, 0.3) is 0 Å². The molecule has 106 valence electrons. The van der Waals surface area contributed by atoms with Crippen molar-refractivity contribution in [2.45, 2.75) is 20.4 Å². The zero-order valence-corrected chi connectivity index (χ0v) is 12.8. The number of nitrogens with zero attached hydrogens (tertiary/aromatic N) is 1. The minimum atomic E-state index is -0.557. The molecule has 0 saturated heterocycles. The van der Waals surface area contributed by atoms with Crippen molar-refractivity contribution in [3.05, 3.63) is 33.0 Å². The minimum Gasteiger partial charge on any atom is -0.461 e. The summed E-state index contributed by atoms with van der Waals surface area (Å²) in [6, 6.07) is 3.97. The van der Waals surface area contributed by atoms with Crippen molar-refractivity contribution < 1.29 is 14.3 Å². The van der Waals surface area contributed by atoms with Gasteiger partial charge in [-0.15, -0.1) is 11.3 Å². The van der Waals surface area contributed by atoms with E-state index in [9.17, 15) is 9.59 Å². The Bertz CT molecular complexity index is 605. The van der Waals surface area contributed by atoms with E-state index >= 15 is 0 Å². The van der Waals surface area contributed by atoms with Crippen LogP contribution in [-0.2, 0) is 11.3 Å². The number of carbonyl (C=O) groups is 2. The van der Waals surface area contributed by atoms with Gasteiger partial charge in [0, 0.05) is 11.8 Å². The Balaban J connectivity index is 2.16. The lowest BCUT2D eigenvalue weighted by molar-refractivity contribution is 0.0517. The first kappa shape index (κ1) is 14.7. The van der Waals surface area contributed by atoms with Gasteiger partial charge in [-0.3, -0.25) is 4.79 Å². The molecule has 0 fully saturated rings. The Morgan fingerprint density at radius 1 is 1.45 bits per heavy atom. The number of anilines is 1. The number of Topliss-reactive ketones (excluding diaryl/α,β-unsaturated/α-hetero) is 1. The molecule has 2 heterocycles. The van der Waals surface area contributed by atoms with Crippen molar-refractivity contribution in [2.24, 2.45) is 0 Å². The molecule has 0 bridgehead atoms. The SMILES string of the molecule is CCOC(=O)c1nc(NCc2cccs2)sc1C(C)=O. The fourth-order valence-electron chi connectivity index (χ4n) is 1.55. The molecular formula is C13H14N2O3S2.